The predicted molar refractivity (Wildman–Crippen MR) is 308 cm³/mol. The monoisotopic (exact) mass is 964 g/mol. The molecule has 0 bridgehead atoms. The van der Waals surface area contributed by atoms with Crippen LogP contribution in [0.5, 0.6) is 0 Å². The third-order valence-corrected chi connectivity index (χ3v) is 14.3. The molecule has 1 amide bonds. The van der Waals surface area contributed by atoms with E-state index in [1.807, 2.05) is 6.08 Å². The van der Waals surface area contributed by atoms with Gasteiger partial charge in [0.05, 0.1) is 18.8 Å². The van der Waals surface area contributed by atoms with Crippen LogP contribution in [0.1, 0.15) is 328 Å². The van der Waals surface area contributed by atoms with Crippen LogP contribution in [0.15, 0.2) is 60.8 Å². The van der Waals surface area contributed by atoms with Gasteiger partial charge < -0.3 is 15.5 Å². The van der Waals surface area contributed by atoms with Gasteiger partial charge in [-0.3, -0.25) is 4.79 Å². The molecular formula is C65H121NO3. The van der Waals surface area contributed by atoms with Crippen molar-refractivity contribution in [3.63, 3.8) is 0 Å². The fraction of sp³-hybridized carbons (Fsp3) is 0.831. The lowest BCUT2D eigenvalue weighted by Gasteiger charge is -2.20. The second-order valence-corrected chi connectivity index (χ2v) is 21.1. The smallest absolute Gasteiger partial charge is 0.220 e. The minimum atomic E-state index is -0.838. The number of rotatable bonds is 57. The molecule has 0 saturated heterocycles. The first-order valence-electron chi connectivity index (χ1n) is 31.0. The molecule has 0 aromatic heterocycles. The zero-order valence-electron chi connectivity index (χ0n) is 46.6. The molecule has 3 N–H and O–H groups in total. The van der Waals surface area contributed by atoms with Crippen LogP contribution in [-0.4, -0.2) is 34.9 Å². The lowest BCUT2D eigenvalue weighted by molar-refractivity contribution is -0.123. The van der Waals surface area contributed by atoms with E-state index < -0.39 is 12.1 Å². The van der Waals surface area contributed by atoms with Gasteiger partial charge in [-0.25, -0.2) is 0 Å². The Hall–Kier alpha value is -1.91. The van der Waals surface area contributed by atoms with Gasteiger partial charge in [0.25, 0.3) is 0 Å². The van der Waals surface area contributed by atoms with E-state index in [0.717, 1.165) is 51.4 Å². The Morgan fingerprint density at radius 1 is 0.362 bits per heavy atom. The quantitative estimate of drug-likeness (QED) is 0.0420. The topological polar surface area (TPSA) is 69.6 Å². The fourth-order valence-corrected chi connectivity index (χ4v) is 9.59. The summed E-state index contributed by atoms with van der Waals surface area (Å²) in [7, 11) is 0. The van der Waals surface area contributed by atoms with E-state index in [1.54, 1.807) is 6.08 Å². The summed E-state index contributed by atoms with van der Waals surface area (Å²) in [5, 5.41) is 23.2. The fourth-order valence-electron chi connectivity index (χ4n) is 9.59. The highest BCUT2D eigenvalue weighted by Gasteiger charge is 2.18. The number of hydrogen-bond acceptors (Lipinski definition) is 3. The Kier molecular flexibility index (Phi) is 58.7. The van der Waals surface area contributed by atoms with Gasteiger partial charge in [0.1, 0.15) is 0 Å². The molecule has 0 aromatic carbocycles. The van der Waals surface area contributed by atoms with Gasteiger partial charge in [-0.1, -0.05) is 325 Å². The van der Waals surface area contributed by atoms with Crippen molar-refractivity contribution in [1.29, 1.82) is 0 Å². The number of nitrogens with one attached hydrogen (secondary N) is 1. The molecule has 0 aliphatic carbocycles. The molecule has 4 heteroatoms. The van der Waals surface area contributed by atoms with Crippen molar-refractivity contribution in [3.8, 4) is 0 Å². The molecule has 0 fully saturated rings. The highest BCUT2D eigenvalue weighted by Crippen LogP contribution is 2.18. The zero-order chi connectivity index (χ0) is 49.9. The second-order valence-electron chi connectivity index (χ2n) is 21.1. The Morgan fingerprint density at radius 3 is 0.957 bits per heavy atom. The van der Waals surface area contributed by atoms with Gasteiger partial charge in [0.15, 0.2) is 0 Å². The number of allylic oxidation sites excluding steroid dienone is 9. The maximum absolute atomic E-state index is 12.5. The van der Waals surface area contributed by atoms with Crippen molar-refractivity contribution in [2.45, 2.75) is 341 Å². The summed E-state index contributed by atoms with van der Waals surface area (Å²) >= 11 is 0. The standard InChI is InChI=1S/C65H121NO3/c1-3-5-7-9-11-13-15-17-19-21-23-24-25-26-27-28-29-30-31-32-33-34-35-36-37-38-39-40-41-42-43-45-47-49-51-53-55-57-59-61-65(69)66-63(62-67)64(68)60-58-56-54-52-50-48-46-44-22-20-18-16-14-12-10-8-6-4-2/h5,7,11,13,17,19,23-24,58,60,63-64,67-68H,3-4,6,8-10,12,14-16,18,20-22,25-57,59,61-62H2,1-2H3,(H,66,69)/b7-5-,13-11-,19-17-,24-23-,60-58+. The van der Waals surface area contributed by atoms with Gasteiger partial charge in [-0.15, -0.1) is 0 Å². The van der Waals surface area contributed by atoms with Crippen LogP contribution in [0.2, 0.25) is 0 Å². The number of carbonyl (C=O) groups excluding carboxylic acids is 1. The second kappa shape index (κ2) is 60.4. The van der Waals surface area contributed by atoms with Crippen molar-refractivity contribution < 1.29 is 15.0 Å². The summed E-state index contributed by atoms with van der Waals surface area (Å²) in [5.41, 5.74) is 0. The largest absolute Gasteiger partial charge is 0.394 e. The minimum Gasteiger partial charge on any atom is -0.394 e. The molecule has 2 atom stereocenters. The molecule has 69 heavy (non-hydrogen) atoms. The van der Waals surface area contributed by atoms with E-state index in [9.17, 15) is 15.0 Å². The van der Waals surface area contributed by atoms with Gasteiger partial charge in [-0.2, -0.15) is 0 Å². The number of unbranched alkanes of at least 4 members (excludes halogenated alkanes) is 42. The number of amides is 1. The Balaban J connectivity index is 3.40. The zero-order valence-corrected chi connectivity index (χ0v) is 46.6. The van der Waals surface area contributed by atoms with Crippen molar-refractivity contribution >= 4 is 5.91 Å². The van der Waals surface area contributed by atoms with Crippen LogP contribution in [0.4, 0.5) is 0 Å². The molecule has 0 radical (unpaired) electrons. The molecule has 0 aliphatic rings. The molecule has 0 spiro atoms. The Bertz CT molecular complexity index is 1140. The molecule has 0 aromatic rings. The molecule has 4 nitrogen and oxygen atoms in total. The summed E-state index contributed by atoms with van der Waals surface area (Å²) in [6, 6.07) is -0.621. The minimum absolute atomic E-state index is 0.0581. The van der Waals surface area contributed by atoms with Gasteiger partial charge >= 0.3 is 0 Å². The normalized spacial score (nSPS) is 13.2. The summed E-state index contributed by atoms with van der Waals surface area (Å²) in [4.78, 5) is 12.5. The molecule has 0 rings (SSSR count). The summed E-state index contributed by atoms with van der Waals surface area (Å²) < 4.78 is 0. The van der Waals surface area contributed by atoms with Crippen LogP contribution in [0.3, 0.4) is 0 Å². The highest BCUT2D eigenvalue weighted by molar-refractivity contribution is 5.76. The third kappa shape index (κ3) is 56.9. The molecule has 404 valence electrons. The van der Waals surface area contributed by atoms with E-state index >= 15 is 0 Å². The average Bonchev–Trinajstić information content (AvgIpc) is 3.35. The van der Waals surface area contributed by atoms with E-state index in [2.05, 4.69) is 67.8 Å². The van der Waals surface area contributed by atoms with Gasteiger partial charge in [-0.05, 0) is 57.8 Å². The summed E-state index contributed by atoms with van der Waals surface area (Å²) in [6.45, 7) is 4.22. The third-order valence-electron chi connectivity index (χ3n) is 14.3. The molecule has 2 unspecified atom stereocenters. The molecular weight excluding hydrogens is 843 g/mol. The van der Waals surface area contributed by atoms with Gasteiger partial charge in [0.2, 0.25) is 5.91 Å². The van der Waals surface area contributed by atoms with E-state index in [4.69, 9.17) is 0 Å². The SMILES string of the molecule is CC/C=C\C/C=C\C/C=C\C/C=C\CCCCCCCCCCCCCCCCCCCCCCCCCCCCC(=O)NC(CO)C(O)/C=C/CCCCCCCCCCCCCCCCCC. The number of aliphatic hydroxyl groups is 2. The van der Waals surface area contributed by atoms with Crippen molar-refractivity contribution in [1.82, 2.24) is 5.32 Å². The van der Waals surface area contributed by atoms with Crippen molar-refractivity contribution in [2.75, 3.05) is 6.61 Å². The first-order chi connectivity index (χ1) is 34.2. The van der Waals surface area contributed by atoms with E-state index in [-0.39, 0.29) is 12.5 Å². The summed E-state index contributed by atoms with van der Waals surface area (Å²) in [5.74, 6) is -0.0581. The van der Waals surface area contributed by atoms with Crippen molar-refractivity contribution in [3.05, 3.63) is 60.8 Å². The molecule has 0 heterocycles. The van der Waals surface area contributed by atoms with Crippen molar-refractivity contribution in [2.24, 2.45) is 0 Å². The van der Waals surface area contributed by atoms with Crippen LogP contribution in [0.25, 0.3) is 0 Å². The van der Waals surface area contributed by atoms with Gasteiger partial charge in [0, 0.05) is 6.42 Å². The van der Waals surface area contributed by atoms with E-state index in [1.165, 1.54) is 257 Å². The maximum Gasteiger partial charge on any atom is 0.220 e. The van der Waals surface area contributed by atoms with Crippen LogP contribution >= 0.6 is 0 Å². The first kappa shape index (κ1) is 67.1. The average molecular weight is 965 g/mol. The Morgan fingerprint density at radius 2 is 0.638 bits per heavy atom. The lowest BCUT2D eigenvalue weighted by atomic mass is 10.0. The van der Waals surface area contributed by atoms with Crippen LogP contribution in [-0.2, 0) is 4.79 Å². The predicted octanol–water partition coefficient (Wildman–Crippen LogP) is 20.8. The molecule has 0 saturated carbocycles. The van der Waals surface area contributed by atoms with Crippen LogP contribution in [0, 0.1) is 0 Å². The number of aliphatic hydroxyl groups excluding tert-OH is 2. The summed E-state index contributed by atoms with van der Waals surface area (Å²) in [6.07, 6.45) is 85.6. The highest BCUT2D eigenvalue weighted by atomic mass is 16.3. The number of hydrogen-bond donors (Lipinski definition) is 3. The van der Waals surface area contributed by atoms with E-state index in [0.29, 0.717) is 6.42 Å². The maximum atomic E-state index is 12.5. The number of carbonyl (C=O) groups is 1. The lowest BCUT2D eigenvalue weighted by Crippen LogP contribution is -2.45. The van der Waals surface area contributed by atoms with Crippen LogP contribution < -0.4 is 5.32 Å². The first-order valence-corrected chi connectivity index (χ1v) is 31.0. The Labute approximate surface area is 432 Å². The molecule has 0 aliphatic heterocycles.